The van der Waals surface area contributed by atoms with E-state index in [1.165, 1.54) is 0 Å². The lowest BCUT2D eigenvalue weighted by Crippen LogP contribution is -2.48. The maximum Gasteiger partial charge on any atom is 0.253 e. The van der Waals surface area contributed by atoms with E-state index in [-0.39, 0.29) is 17.9 Å². The summed E-state index contributed by atoms with van der Waals surface area (Å²) in [7, 11) is 0. The number of likely N-dealkylation sites (tertiary alicyclic amines) is 1. The summed E-state index contributed by atoms with van der Waals surface area (Å²) in [5.41, 5.74) is 1.34. The molecule has 0 saturated carbocycles. The fraction of sp³-hybridized carbons (Fsp3) is 0.391. The minimum Gasteiger partial charge on any atom is -0.494 e. The summed E-state index contributed by atoms with van der Waals surface area (Å²) in [4.78, 5) is 15.0. The number of tetrazole rings is 1. The van der Waals surface area contributed by atoms with Gasteiger partial charge in [0.2, 0.25) is 0 Å². The Balaban J connectivity index is 1.36. The number of para-hydroxylation sites is 1. The number of rotatable bonds is 8. The van der Waals surface area contributed by atoms with Gasteiger partial charge in [0.05, 0.1) is 19.8 Å². The summed E-state index contributed by atoms with van der Waals surface area (Å²) in [6.45, 7) is 2.35. The highest BCUT2D eigenvalue weighted by Crippen LogP contribution is 2.34. The van der Waals surface area contributed by atoms with Gasteiger partial charge in [-0.1, -0.05) is 30.3 Å². The van der Waals surface area contributed by atoms with Crippen LogP contribution in [0.2, 0.25) is 0 Å². The SMILES string of the molecule is O=C(c1ccc(Cn2cnnn2)cc1)N1CCC[C@](CO)(CCOc2ccccc2)C1. The van der Waals surface area contributed by atoms with Gasteiger partial charge in [0, 0.05) is 24.1 Å². The van der Waals surface area contributed by atoms with E-state index in [0.29, 0.717) is 38.2 Å². The summed E-state index contributed by atoms with van der Waals surface area (Å²) in [5.74, 6) is 0.816. The van der Waals surface area contributed by atoms with E-state index in [1.54, 1.807) is 11.0 Å². The Morgan fingerprint density at radius 3 is 2.65 bits per heavy atom. The maximum atomic E-state index is 13.1. The van der Waals surface area contributed by atoms with Crippen molar-refractivity contribution in [2.45, 2.75) is 25.8 Å². The second-order valence-electron chi connectivity index (χ2n) is 8.10. The molecule has 162 valence electrons. The number of aromatic nitrogens is 4. The number of piperidine rings is 1. The minimum atomic E-state index is -0.331. The highest BCUT2D eigenvalue weighted by Gasteiger charge is 2.37. The second kappa shape index (κ2) is 9.70. The molecule has 0 radical (unpaired) electrons. The number of carbonyl (C=O) groups excluding carboxylic acids is 1. The van der Waals surface area contributed by atoms with Crippen LogP contribution in [-0.4, -0.2) is 62.4 Å². The van der Waals surface area contributed by atoms with E-state index >= 15 is 0 Å². The molecule has 1 aliphatic rings. The molecule has 0 spiro atoms. The van der Waals surface area contributed by atoms with Gasteiger partial charge in [-0.25, -0.2) is 4.68 Å². The van der Waals surface area contributed by atoms with Crippen molar-refractivity contribution in [1.29, 1.82) is 0 Å². The lowest BCUT2D eigenvalue weighted by atomic mass is 9.78. The monoisotopic (exact) mass is 421 g/mol. The van der Waals surface area contributed by atoms with Crippen LogP contribution >= 0.6 is 0 Å². The Kier molecular flexibility index (Phi) is 6.57. The van der Waals surface area contributed by atoms with E-state index in [0.717, 1.165) is 24.2 Å². The molecular formula is C23H27N5O3. The quantitative estimate of drug-likeness (QED) is 0.600. The van der Waals surface area contributed by atoms with Crippen LogP contribution in [0, 0.1) is 5.41 Å². The number of aliphatic hydroxyl groups is 1. The number of hydrogen-bond acceptors (Lipinski definition) is 6. The highest BCUT2D eigenvalue weighted by molar-refractivity contribution is 5.94. The zero-order valence-corrected chi connectivity index (χ0v) is 17.4. The molecule has 1 N–H and O–H groups in total. The van der Waals surface area contributed by atoms with Crippen LogP contribution in [0.25, 0.3) is 0 Å². The van der Waals surface area contributed by atoms with E-state index < -0.39 is 0 Å². The zero-order valence-electron chi connectivity index (χ0n) is 17.4. The molecule has 1 fully saturated rings. The molecule has 1 saturated heterocycles. The largest absolute Gasteiger partial charge is 0.494 e. The second-order valence-corrected chi connectivity index (χ2v) is 8.10. The molecule has 1 atom stereocenters. The predicted molar refractivity (Wildman–Crippen MR) is 115 cm³/mol. The van der Waals surface area contributed by atoms with Gasteiger partial charge in [0.1, 0.15) is 12.1 Å². The first-order chi connectivity index (χ1) is 15.2. The molecule has 31 heavy (non-hydrogen) atoms. The third-order valence-corrected chi connectivity index (χ3v) is 5.87. The van der Waals surface area contributed by atoms with Gasteiger partial charge in [-0.15, -0.1) is 5.10 Å². The van der Waals surface area contributed by atoms with Crippen molar-refractivity contribution in [3.05, 3.63) is 72.1 Å². The van der Waals surface area contributed by atoms with E-state index in [4.69, 9.17) is 4.74 Å². The van der Waals surface area contributed by atoms with Gasteiger partial charge in [0.15, 0.2) is 0 Å². The van der Waals surface area contributed by atoms with Gasteiger partial charge in [-0.3, -0.25) is 4.79 Å². The van der Waals surface area contributed by atoms with Gasteiger partial charge in [-0.05, 0) is 59.5 Å². The van der Waals surface area contributed by atoms with Crippen molar-refractivity contribution < 1.29 is 14.6 Å². The Hall–Kier alpha value is -3.26. The molecule has 1 amide bonds. The van der Waals surface area contributed by atoms with Gasteiger partial charge >= 0.3 is 0 Å². The topological polar surface area (TPSA) is 93.4 Å². The Bertz CT molecular complexity index is 963. The first-order valence-corrected chi connectivity index (χ1v) is 10.6. The Morgan fingerprint density at radius 2 is 1.94 bits per heavy atom. The highest BCUT2D eigenvalue weighted by atomic mass is 16.5. The van der Waals surface area contributed by atoms with Crippen LogP contribution in [0.5, 0.6) is 5.75 Å². The van der Waals surface area contributed by atoms with Crippen molar-refractivity contribution in [3.63, 3.8) is 0 Å². The number of amides is 1. The average Bonchev–Trinajstić information content (AvgIpc) is 3.33. The summed E-state index contributed by atoms with van der Waals surface area (Å²) in [5, 5.41) is 21.3. The Morgan fingerprint density at radius 1 is 1.13 bits per heavy atom. The average molecular weight is 422 g/mol. The van der Waals surface area contributed by atoms with E-state index in [1.807, 2.05) is 59.5 Å². The van der Waals surface area contributed by atoms with Crippen LogP contribution in [0.1, 0.15) is 35.2 Å². The fourth-order valence-electron chi connectivity index (χ4n) is 4.07. The third-order valence-electron chi connectivity index (χ3n) is 5.87. The maximum absolute atomic E-state index is 13.1. The standard InChI is InChI=1S/C23H27N5O3/c29-17-23(12-14-31-21-5-2-1-3-6-21)11-4-13-27(16-23)22(30)20-9-7-19(8-10-20)15-28-18-24-25-26-28/h1-3,5-10,18,29H,4,11-17H2/t23-/m0/s1. The van der Waals surface area contributed by atoms with Crippen LogP contribution < -0.4 is 4.74 Å². The third kappa shape index (κ3) is 5.27. The number of nitrogens with zero attached hydrogens (tertiary/aromatic N) is 5. The molecule has 4 rings (SSSR count). The lowest BCUT2D eigenvalue weighted by Gasteiger charge is -2.42. The number of benzene rings is 2. The smallest absolute Gasteiger partial charge is 0.253 e. The minimum absolute atomic E-state index is 0.00419. The molecule has 0 unspecified atom stereocenters. The molecular weight excluding hydrogens is 394 g/mol. The molecule has 2 aromatic carbocycles. The van der Waals surface area contributed by atoms with E-state index in [2.05, 4.69) is 15.5 Å². The van der Waals surface area contributed by atoms with Crippen LogP contribution in [-0.2, 0) is 6.54 Å². The van der Waals surface area contributed by atoms with Gasteiger partial charge in [0.25, 0.3) is 5.91 Å². The summed E-state index contributed by atoms with van der Waals surface area (Å²) in [6, 6.07) is 17.2. The Labute approximate surface area is 181 Å². The molecule has 3 aromatic rings. The number of ether oxygens (including phenoxy) is 1. The van der Waals surface area contributed by atoms with Crippen molar-refractivity contribution in [3.8, 4) is 5.75 Å². The van der Waals surface area contributed by atoms with Gasteiger partial charge < -0.3 is 14.7 Å². The number of hydrogen-bond donors (Lipinski definition) is 1. The molecule has 0 bridgehead atoms. The summed E-state index contributed by atoms with van der Waals surface area (Å²) >= 11 is 0. The molecule has 8 heteroatoms. The molecule has 0 aliphatic carbocycles. The summed E-state index contributed by atoms with van der Waals surface area (Å²) in [6.07, 6.45) is 4.02. The fourth-order valence-corrected chi connectivity index (χ4v) is 4.07. The number of carbonyl (C=O) groups is 1. The first kappa shape index (κ1) is 21.0. The predicted octanol–water partition coefficient (Wildman–Crippen LogP) is 2.41. The van der Waals surface area contributed by atoms with Gasteiger partial charge in [-0.2, -0.15) is 0 Å². The van der Waals surface area contributed by atoms with Crippen molar-refractivity contribution in [2.75, 3.05) is 26.3 Å². The summed E-state index contributed by atoms with van der Waals surface area (Å²) < 4.78 is 7.48. The molecule has 1 aliphatic heterocycles. The molecule has 2 heterocycles. The normalized spacial score (nSPS) is 18.7. The van der Waals surface area contributed by atoms with Crippen molar-refractivity contribution >= 4 is 5.91 Å². The zero-order chi connectivity index (χ0) is 21.5. The van der Waals surface area contributed by atoms with Crippen molar-refractivity contribution in [1.82, 2.24) is 25.1 Å². The van der Waals surface area contributed by atoms with Crippen LogP contribution in [0.15, 0.2) is 60.9 Å². The molecule has 1 aromatic heterocycles. The van der Waals surface area contributed by atoms with E-state index in [9.17, 15) is 9.90 Å². The number of aliphatic hydroxyl groups excluding tert-OH is 1. The van der Waals surface area contributed by atoms with Crippen molar-refractivity contribution in [2.24, 2.45) is 5.41 Å². The van der Waals surface area contributed by atoms with Crippen LogP contribution in [0.3, 0.4) is 0 Å². The van der Waals surface area contributed by atoms with Crippen LogP contribution in [0.4, 0.5) is 0 Å². The first-order valence-electron chi connectivity index (χ1n) is 10.6. The molecule has 8 nitrogen and oxygen atoms in total. The lowest BCUT2D eigenvalue weighted by molar-refractivity contribution is 0.0156.